The van der Waals surface area contributed by atoms with Crippen LogP contribution in [0.5, 0.6) is 11.5 Å². The van der Waals surface area contributed by atoms with E-state index in [4.69, 9.17) is 14.2 Å². The molecule has 0 radical (unpaired) electrons. The molecular formula is C19H20FNO5S. The topological polar surface area (TPSA) is 65.1 Å². The lowest BCUT2D eigenvalue weighted by atomic mass is 10.2. The van der Waals surface area contributed by atoms with Crippen LogP contribution in [0.3, 0.4) is 0 Å². The van der Waals surface area contributed by atoms with Gasteiger partial charge in [-0.2, -0.15) is 0 Å². The molecule has 0 amide bonds. The molecule has 4 rings (SSSR count). The lowest BCUT2D eigenvalue weighted by molar-refractivity contribution is 0.00304. The monoisotopic (exact) mass is 393 g/mol. The van der Waals surface area contributed by atoms with Crippen molar-refractivity contribution in [1.29, 1.82) is 0 Å². The van der Waals surface area contributed by atoms with Crippen molar-refractivity contribution in [3.8, 4) is 11.5 Å². The van der Waals surface area contributed by atoms with Crippen LogP contribution in [-0.2, 0) is 14.6 Å². The highest BCUT2D eigenvalue weighted by Crippen LogP contribution is 2.35. The Morgan fingerprint density at radius 3 is 2.59 bits per heavy atom. The van der Waals surface area contributed by atoms with Gasteiger partial charge in [-0.3, -0.25) is 4.90 Å². The molecule has 1 saturated heterocycles. The summed E-state index contributed by atoms with van der Waals surface area (Å²) in [7, 11) is -3.84. The first-order valence-corrected chi connectivity index (χ1v) is 10.2. The standard InChI is InChI=1S/C19H20FNO5S/c20-14-2-1-3-16(10-14)27(22,23)17-4-5-18-19(11-17)26-15(13-25-18)12-21-6-8-24-9-7-21/h1-5,10-11,15H,6-9,12-13H2. The summed E-state index contributed by atoms with van der Waals surface area (Å²) in [6, 6.07) is 9.43. The van der Waals surface area contributed by atoms with Crippen molar-refractivity contribution in [3.63, 3.8) is 0 Å². The van der Waals surface area contributed by atoms with Crippen molar-refractivity contribution in [3.05, 3.63) is 48.3 Å². The Balaban J connectivity index is 1.55. The molecule has 1 unspecified atom stereocenters. The number of morpholine rings is 1. The first-order chi connectivity index (χ1) is 13.0. The van der Waals surface area contributed by atoms with Crippen LogP contribution in [-0.4, -0.2) is 58.9 Å². The van der Waals surface area contributed by atoms with Gasteiger partial charge in [0.05, 0.1) is 23.0 Å². The zero-order valence-corrected chi connectivity index (χ0v) is 15.5. The minimum Gasteiger partial charge on any atom is -0.486 e. The van der Waals surface area contributed by atoms with Crippen molar-refractivity contribution in [2.45, 2.75) is 15.9 Å². The van der Waals surface area contributed by atoms with E-state index in [9.17, 15) is 12.8 Å². The Kier molecular flexibility index (Phi) is 5.03. The summed E-state index contributed by atoms with van der Waals surface area (Å²) in [4.78, 5) is 2.18. The van der Waals surface area contributed by atoms with Crippen LogP contribution < -0.4 is 9.47 Å². The van der Waals surface area contributed by atoms with E-state index < -0.39 is 15.7 Å². The van der Waals surface area contributed by atoms with Gasteiger partial charge in [0.1, 0.15) is 18.5 Å². The van der Waals surface area contributed by atoms with E-state index in [1.165, 1.54) is 30.3 Å². The minimum atomic E-state index is -3.84. The lowest BCUT2D eigenvalue weighted by Crippen LogP contribution is -2.45. The number of fused-ring (bicyclic) bond motifs is 1. The predicted molar refractivity (Wildman–Crippen MR) is 95.5 cm³/mol. The summed E-state index contributed by atoms with van der Waals surface area (Å²) in [6.45, 7) is 4.14. The van der Waals surface area contributed by atoms with E-state index in [-0.39, 0.29) is 15.9 Å². The summed E-state index contributed by atoms with van der Waals surface area (Å²) in [5, 5.41) is 0. The van der Waals surface area contributed by atoms with Crippen LogP contribution in [0.15, 0.2) is 52.3 Å². The SMILES string of the molecule is O=S(=O)(c1cccc(F)c1)c1ccc2c(c1)OC(CN1CCOCC1)CO2. The maximum atomic E-state index is 13.4. The van der Waals surface area contributed by atoms with Gasteiger partial charge in [0, 0.05) is 25.7 Å². The molecular weight excluding hydrogens is 373 g/mol. The summed E-state index contributed by atoms with van der Waals surface area (Å²) >= 11 is 0. The molecule has 0 aliphatic carbocycles. The molecule has 0 saturated carbocycles. The largest absolute Gasteiger partial charge is 0.486 e. The third-order valence-corrected chi connectivity index (χ3v) is 6.36. The van der Waals surface area contributed by atoms with Gasteiger partial charge >= 0.3 is 0 Å². The van der Waals surface area contributed by atoms with Gasteiger partial charge in [-0.15, -0.1) is 0 Å². The Labute approximate surface area is 157 Å². The first-order valence-electron chi connectivity index (χ1n) is 8.77. The van der Waals surface area contributed by atoms with Gasteiger partial charge in [-0.1, -0.05) is 6.07 Å². The zero-order chi connectivity index (χ0) is 18.9. The van der Waals surface area contributed by atoms with Crippen molar-refractivity contribution < 1.29 is 27.0 Å². The molecule has 6 nitrogen and oxygen atoms in total. The van der Waals surface area contributed by atoms with E-state index >= 15 is 0 Å². The summed E-state index contributed by atoms with van der Waals surface area (Å²) in [5.74, 6) is 0.294. The number of hydrogen-bond donors (Lipinski definition) is 0. The molecule has 2 aliphatic heterocycles. The van der Waals surface area contributed by atoms with Crippen molar-refractivity contribution in [2.75, 3.05) is 39.5 Å². The second-order valence-corrected chi connectivity index (χ2v) is 8.48. The van der Waals surface area contributed by atoms with E-state index in [2.05, 4.69) is 4.90 Å². The summed E-state index contributed by atoms with van der Waals surface area (Å²) < 4.78 is 56.1. The van der Waals surface area contributed by atoms with Crippen molar-refractivity contribution in [2.24, 2.45) is 0 Å². The Bertz CT molecular complexity index is 927. The molecule has 0 aromatic heterocycles. The van der Waals surface area contributed by atoms with Gasteiger partial charge in [0.15, 0.2) is 11.5 Å². The normalized spacial score (nSPS) is 20.4. The molecule has 144 valence electrons. The van der Waals surface area contributed by atoms with E-state index in [1.807, 2.05) is 0 Å². The number of benzene rings is 2. The molecule has 2 aliphatic rings. The first kappa shape index (κ1) is 18.2. The van der Waals surface area contributed by atoms with Crippen LogP contribution in [0.25, 0.3) is 0 Å². The third kappa shape index (κ3) is 3.92. The van der Waals surface area contributed by atoms with Crippen molar-refractivity contribution in [1.82, 2.24) is 4.90 Å². The highest BCUT2D eigenvalue weighted by atomic mass is 32.2. The quantitative estimate of drug-likeness (QED) is 0.793. The molecule has 8 heteroatoms. The van der Waals surface area contributed by atoms with Gasteiger partial charge in [0.2, 0.25) is 9.84 Å². The number of halogens is 1. The smallest absolute Gasteiger partial charge is 0.206 e. The van der Waals surface area contributed by atoms with E-state index in [0.29, 0.717) is 37.9 Å². The molecule has 1 atom stereocenters. The number of hydrogen-bond acceptors (Lipinski definition) is 6. The molecule has 0 spiro atoms. The van der Waals surface area contributed by atoms with Crippen LogP contribution in [0.2, 0.25) is 0 Å². The van der Waals surface area contributed by atoms with E-state index in [0.717, 1.165) is 19.2 Å². The number of sulfone groups is 1. The van der Waals surface area contributed by atoms with Gasteiger partial charge in [-0.05, 0) is 30.3 Å². The van der Waals surface area contributed by atoms with Crippen molar-refractivity contribution >= 4 is 9.84 Å². The van der Waals surface area contributed by atoms with Crippen LogP contribution >= 0.6 is 0 Å². The zero-order valence-electron chi connectivity index (χ0n) is 14.6. The van der Waals surface area contributed by atoms with Gasteiger partial charge < -0.3 is 14.2 Å². The Morgan fingerprint density at radius 1 is 1.04 bits per heavy atom. The number of rotatable bonds is 4. The minimum absolute atomic E-state index is 0.0440. The predicted octanol–water partition coefficient (Wildman–Crippen LogP) is 2.13. The average Bonchev–Trinajstić information content (AvgIpc) is 2.68. The number of nitrogens with zero attached hydrogens (tertiary/aromatic N) is 1. The maximum absolute atomic E-state index is 13.4. The fourth-order valence-electron chi connectivity index (χ4n) is 3.20. The second-order valence-electron chi connectivity index (χ2n) is 6.53. The fraction of sp³-hybridized carbons (Fsp3) is 0.368. The van der Waals surface area contributed by atoms with E-state index in [1.54, 1.807) is 6.07 Å². The lowest BCUT2D eigenvalue weighted by Gasteiger charge is -2.33. The highest BCUT2D eigenvalue weighted by molar-refractivity contribution is 7.91. The molecule has 2 aromatic rings. The van der Waals surface area contributed by atoms with Crippen LogP contribution in [0, 0.1) is 5.82 Å². The second kappa shape index (κ2) is 7.46. The van der Waals surface area contributed by atoms with Crippen LogP contribution in [0.1, 0.15) is 0 Å². The maximum Gasteiger partial charge on any atom is 0.206 e. The van der Waals surface area contributed by atoms with Gasteiger partial charge in [0.25, 0.3) is 0 Å². The van der Waals surface area contributed by atoms with Crippen LogP contribution in [0.4, 0.5) is 4.39 Å². The molecule has 1 fully saturated rings. The van der Waals surface area contributed by atoms with Gasteiger partial charge in [-0.25, -0.2) is 12.8 Å². The third-order valence-electron chi connectivity index (χ3n) is 4.62. The molecule has 2 heterocycles. The highest BCUT2D eigenvalue weighted by Gasteiger charge is 2.27. The fourth-order valence-corrected chi connectivity index (χ4v) is 4.50. The average molecular weight is 393 g/mol. The summed E-state index contributed by atoms with van der Waals surface area (Å²) in [6.07, 6.45) is -0.192. The Hall–Kier alpha value is -2.16. The number of ether oxygens (including phenoxy) is 3. The molecule has 27 heavy (non-hydrogen) atoms. The summed E-state index contributed by atoms with van der Waals surface area (Å²) in [5.41, 5.74) is 0. The molecule has 2 aromatic carbocycles. The molecule has 0 bridgehead atoms. The Morgan fingerprint density at radius 2 is 1.81 bits per heavy atom. The molecule has 0 N–H and O–H groups in total.